The Morgan fingerprint density at radius 2 is 2.24 bits per heavy atom. The number of carbonyl (C=O) groups is 2. The first kappa shape index (κ1) is 15.2. The molecule has 1 amide bonds. The zero-order chi connectivity index (χ0) is 15.4. The Kier molecular flexibility index (Phi) is 4.72. The number of amides is 1. The molecule has 1 atom stereocenters. The minimum atomic E-state index is -0.994. The number of rotatable bonds is 4. The smallest absolute Gasteiger partial charge is 0.323 e. The average Bonchev–Trinajstić information content (AvgIpc) is 2.58. The Balaban J connectivity index is 2.11. The standard InChI is InChI=1S/C14H20N4O3/c1-9-7-15-14(16-10(9)2)17-11-5-3-4-6-18(13(11)21)8-12(19)20/h7,11H,3-6,8H2,1-2H3,(H,19,20)(H,15,16,17). The summed E-state index contributed by atoms with van der Waals surface area (Å²) in [5.41, 5.74) is 1.84. The summed E-state index contributed by atoms with van der Waals surface area (Å²) in [4.78, 5) is 33.1. The van der Waals surface area contributed by atoms with Crippen molar-refractivity contribution in [1.82, 2.24) is 14.9 Å². The Labute approximate surface area is 123 Å². The van der Waals surface area contributed by atoms with Gasteiger partial charge in [0.1, 0.15) is 12.6 Å². The zero-order valence-corrected chi connectivity index (χ0v) is 12.3. The number of aromatic nitrogens is 2. The van der Waals surface area contributed by atoms with Gasteiger partial charge < -0.3 is 15.3 Å². The Morgan fingerprint density at radius 3 is 2.90 bits per heavy atom. The van der Waals surface area contributed by atoms with Crippen molar-refractivity contribution in [1.29, 1.82) is 0 Å². The van der Waals surface area contributed by atoms with Crippen molar-refractivity contribution in [2.24, 2.45) is 0 Å². The van der Waals surface area contributed by atoms with Crippen molar-refractivity contribution in [2.75, 3.05) is 18.4 Å². The SMILES string of the molecule is Cc1cnc(NC2CCCCN(CC(=O)O)C2=O)nc1C. The minimum Gasteiger partial charge on any atom is -0.480 e. The van der Waals surface area contributed by atoms with Crippen molar-refractivity contribution >= 4 is 17.8 Å². The van der Waals surface area contributed by atoms with Gasteiger partial charge in [-0.05, 0) is 38.7 Å². The molecule has 1 unspecified atom stereocenters. The van der Waals surface area contributed by atoms with Crippen molar-refractivity contribution in [2.45, 2.75) is 39.2 Å². The van der Waals surface area contributed by atoms with Crippen LogP contribution in [0.25, 0.3) is 0 Å². The Hall–Kier alpha value is -2.18. The number of hydrogen-bond acceptors (Lipinski definition) is 5. The molecular weight excluding hydrogens is 272 g/mol. The molecule has 114 valence electrons. The monoisotopic (exact) mass is 292 g/mol. The van der Waals surface area contributed by atoms with Crippen LogP contribution in [0.15, 0.2) is 6.20 Å². The van der Waals surface area contributed by atoms with E-state index in [0.717, 1.165) is 24.1 Å². The number of likely N-dealkylation sites (tertiary alicyclic amines) is 1. The highest BCUT2D eigenvalue weighted by Gasteiger charge is 2.28. The molecular formula is C14H20N4O3. The van der Waals surface area contributed by atoms with E-state index >= 15 is 0 Å². The van der Waals surface area contributed by atoms with E-state index in [1.165, 1.54) is 4.90 Å². The van der Waals surface area contributed by atoms with E-state index in [4.69, 9.17) is 5.11 Å². The van der Waals surface area contributed by atoms with Gasteiger partial charge in [0.2, 0.25) is 11.9 Å². The molecule has 1 aliphatic heterocycles. The lowest BCUT2D eigenvalue weighted by atomic mass is 10.1. The van der Waals surface area contributed by atoms with Crippen LogP contribution in [0.4, 0.5) is 5.95 Å². The number of nitrogens with zero attached hydrogens (tertiary/aromatic N) is 3. The van der Waals surface area contributed by atoms with Gasteiger partial charge >= 0.3 is 5.97 Å². The molecule has 0 radical (unpaired) electrons. The van der Waals surface area contributed by atoms with Crippen LogP contribution >= 0.6 is 0 Å². The quantitative estimate of drug-likeness (QED) is 0.858. The fourth-order valence-electron chi connectivity index (χ4n) is 2.31. The van der Waals surface area contributed by atoms with Crippen LogP contribution in [-0.4, -0.2) is 51.0 Å². The molecule has 0 aliphatic carbocycles. The minimum absolute atomic E-state index is 0.197. The van der Waals surface area contributed by atoms with Gasteiger partial charge in [0.05, 0.1) is 0 Å². The summed E-state index contributed by atoms with van der Waals surface area (Å²) in [6.45, 7) is 4.03. The summed E-state index contributed by atoms with van der Waals surface area (Å²) in [6.07, 6.45) is 4.04. The summed E-state index contributed by atoms with van der Waals surface area (Å²) >= 11 is 0. The Bertz CT molecular complexity index is 547. The van der Waals surface area contributed by atoms with Crippen LogP contribution in [0.5, 0.6) is 0 Å². The molecule has 1 aromatic heterocycles. The van der Waals surface area contributed by atoms with Crippen LogP contribution in [0.1, 0.15) is 30.5 Å². The number of carbonyl (C=O) groups excluding carboxylic acids is 1. The van der Waals surface area contributed by atoms with Crippen LogP contribution in [0, 0.1) is 13.8 Å². The van der Waals surface area contributed by atoms with Crippen LogP contribution in [0.2, 0.25) is 0 Å². The van der Waals surface area contributed by atoms with E-state index in [9.17, 15) is 9.59 Å². The summed E-state index contributed by atoms with van der Waals surface area (Å²) in [5, 5.41) is 11.9. The summed E-state index contributed by atoms with van der Waals surface area (Å²) in [6, 6.07) is -0.464. The van der Waals surface area contributed by atoms with Gasteiger partial charge in [-0.1, -0.05) is 0 Å². The van der Waals surface area contributed by atoms with Gasteiger partial charge in [-0.15, -0.1) is 0 Å². The summed E-state index contributed by atoms with van der Waals surface area (Å²) in [7, 11) is 0. The highest BCUT2D eigenvalue weighted by atomic mass is 16.4. The van der Waals surface area contributed by atoms with Gasteiger partial charge in [-0.25, -0.2) is 9.97 Å². The third-order valence-corrected chi connectivity index (χ3v) is 3.63. The van der Waals surface area contributed by atoms with Gasteiger partial charge in [-0.3, -0.25) is 9.59 Å². The molecule has 7 heteroatoms. The van der Waals surface area contributed by atoms with Gasteiger partial charge in [0, 0.05) is 18.4 Å². The van der Waals surface area contributed by atoms with Gasteiger partial charge in [0.25, 0.3) is 0 Å². The fourth-order valence-corrected chi connectivity index (χ4v) is 2.31. The lowest BCUT2D eigenvalue weighted by molar-refractivity contribution is -0.144. The molecule has 0 bridgehead atoms. The van der Waals surface area contributed by atoms with E-state index in [2.05, 4.69) is 15.3 Å². The van der Waals surface area contributed by atoms with Gasteiger partial charge in [0.15, 0.2) is 0 Å². The molecule has 0 aromatic carbocycles. The number of carboxylic acids is 1. The maximum Gasteiger partial charge on any atom is 0.323 e. The fraction of sp³-hybridized carbons (Fsp3) is 0.571. The number of aryl methyl sites for hydroxylation is 2. The van der Waals surface area contributed by atoms with Crippen molar-refractivity contribution in [3.8, 4) is 0 Å². The molecule has 21 heavy (non-hydrogen) atoms. The van der Waals surface area contributed by atoms with E-state index in [-0.39, 0.29) is 12.5 Å². The first-order chi connectivity index (χ1) is 9.97. The van der Waals surface area contributed by atoms with Crippen LogP contribution in [0.3, 0.4) is 0 Å². The molecule has 1 aliphatic rings. The highest BCUT2D eigenvalue weighted by molar-refractivity contribution is 5.87. The molecule has 7 nitrogen and oxygen atoms in total. The van der Waals surface area contributed by atoms with E-state index in [1.54, 1.807) is 6.20 Å². The predicted octanol–water partition coefficient (Wildman–Crippen LogP) is 0.971. The van der Waals surface area contributed by atoms with Crippen molar-refractivity contribution < 1.29 is 14.7 Å². The molecule has 1 saturated heterocycles. The summed E-state index contributed by atoms with van der Waals surface area (Å²) < 4.78 is 0. The number of aliphatic carboxylic acids is 1. The normalized spacial score (nSPS) is 19.2. The predicted molar refractivity (Wildman–Crippen MR) is 77.0 cm³/mol. The third-order valence-electron chi connectivity index (χ3n) is 3.63. The lowest BCUT2D eigenvalue weighted by Gasteiger charge is -2.23. The molecule has 1 aromatic rings. The highest BCUT2D eigenvalue weighted by Crippen LogP contribution is 2.16. The molecule has 2 N–H and O–H groups in total. The second-order valence-corrected chi connectivity index (χ2v) is 5.31. The molecule has 1 fully saturated rings. The number of anilines is 1. The second-order valence-electron chi connectivity index (χ2n) is 5.31. The lowest BCUT2D eigenvalue weighted by Crippen LogP contribution is -2.44. The largest absolute Gasteiger partial charge is 0.480 e. The average molecular weight is 292 g/mol. The van der Waals surface area contributed by atoms with Crippen LogP contribution in [-0.2, 0) is 9.59 Å². The Morgan fingerprint density at radius 1 is 1.48 bits per heavy atom. The van der Waals surface area contributed by atoms with Crippen LogP contribution < -0.4 is 5.32 Å². The maximum absolute atomic E-state index is 12.4. The second kappa shape index (κ2) is 6.51. The third kappa shape index (κ3) is 3.90. The number of hydrogen-bond donors (Lipinski definition) is 2. The summed E-state index contributed by atoms with van der Waals surface area (Å²) in [5.74, 6) is -0.781. The molecule has 2 rings (SSSR count). The van der Waals surface area contributed by atoms with Crippen molar-refractivity contribution in [3.63, 3.8) is 0 Å². The zero-order valence-electron chi connectivity index (χ0n) is 12.3. The first-order valence-corrected chi connectivity index (χ1v) is 7.04. The van der Waals surface area contributed by atoms with E-state index < -0.39 is 12.0 Å². The van der Waals surface area contributed by atoms with Crippen molar-refractivity contribution in [3.05, 3.63) is 17.5 Å². The maximum atomic E-state index is 12.4. The molecule has 0 saturated carbocycles. The molecule has 0 spiro atoms. The number of carboxylic acid groups (broad SMARTS) is 1. The number of nitrogens with one attached hydrogen (secondary N) is 1. The molecule has 2 heterocycles. The van der Waals surface area contributed by atoms with E-state index in [1.807, 2.05) is 13.8 Å². The topological polar surface area (TPSA) is 95.4 Å². The van der Waals surface area contributed by atoms with E-state index in [0.29, 0.717) is 18.9 Å². The van der Waals surface area contributed by atoms with Gasteiger partial charge in [-0.2, -0.15) is 0 Å². The first-order valence-electron chi connectivity index (χ1n) is 7.04.